The fourth-order valence-electron chi connectivity index (χ4n) is 2.79. The van der Waals surface area contributed by atoms with E-state index < -0.39 is 0 Å². The minimum absolute atomic E-state index is 0.0280. The Morgan fingerprint density at radius 2 is 1.96 bits per heavy atom. The predicted octanol–water partition coefficient (Wildman–Crippen LogP) is 3.26. The maximum absolute atomic E-state index is 12.7. The van der Waals surface area contributed by atoms with Crippen molar-refractivity contribution < 1.29 is 9.53 Å². The number of methoxy groups -OCH3 is 1. The van der Waals surface area contributed by atoms with E-state index in [9.17, 15) is 4.79 Å². The Balaban J connectivity index is 1.90. The number of ether oxygens (including phenoxy) is 1. The van der Waals surface area contributed by atoms with Gasteiger partial charge in [0.1, 0.15) is 5.75 Å². The van der Waals surface area contributed by atoms with Crippen molar-refractivity contribution in [1.82, 2.24) is 4.90 Å². The van der Waals surface area contributed by atoms with E-state index in [0.717, 1.165) is 43.1 Å². The van der Waals surface area contributed by atoms with Crippen LogP contribution in [-0.2, 0) is 0 Å². The second kappa shape index (κ2) is 6.60. The highest BCUT2D eigenvalue weighted by molar-refractivity contribution is 6.01. The van der Waals surface area contributed by atoms with E-state index in [1.54, 1.807) is 19.2 Å². The number of rotatable bonds is 4. The monoisotopic (exact) mass is 311 g/mol. The molecule has 3 N–H and O–H groups in total. The van der Waals surface area contributed by atoms with E-state index in [-0.39, 0.29) is 5.91 Å². The average Bonchev–Trinajstić information content (AvgIpc) is 3.10. The number of hydrogen-bond acceptors (Lipinski definition) is 4. The van der Waals surface area contributed by atoms with E-state index in [4.69, 9.17) is 10.5 Å². The molecule has 23 heavy (non-hydrogen) atoms. The summed E-state index contributed by atoms with van der Waals surface area (Å²) < 4.78 is 5.24. The van der Waals surface area contributed by atoms with E-state index in [1.165, 1.54) is 0 Å². The van der Waals surface area contributed by atoms with Crippen molar-refractivity contribution in [3.05, 3.63) is 48.0 Å². The Morgan fingerprint density at radius 3 is 2.70 bits per heavy atom. The van der Waals surface area contributed by atoms with Crippen molar-refractivity contribution >= 4 is 23.0 Å². The van der Waals surface area contributed by atoms with Crippen LogP contribution in [0, 0.1) is 0 Å². The van der Waals surface area contributed by atoms with Gasteiger partial charge in [0.05, 0.1) is 18.4 Å². The van der Waals surface area contributed by atoms with E-state index >= 15 is 0 Å². The Kier molecular flexibility index (Phi) is 4.37. The lowest BCUT2D eigenvalue weighted by atomic mass is 10.1. The van der Waals surface area contributed by atoms with Gasteiger partial charge in [0.2, 0.25) is 0 Å². The zero-order valence-electron chi connectivity index (χ0n) is 13.2. The zero-order chi connectivity index (χ0) is 16.2. The average molecular weight is 311 g/mol. The molecule has 0 atom stereocenters. The smallest absolute Gasteiger partial charge is 0.256 e. The number of benzene rings is 2. The van der Waals surface area contributed by atoms with Gasteiger partial charge in [0.25, 0.3) is 5.91 Å². The summed E-state index contributed by atoms with van der Waals surface area (Å²) in [6, 6.07) is 13.0. The number of anilines is 3. The second-order valence-electron chi connectivity index (χ2n) is 5.66. The fourth-order valence-corrected chi connectivity index (χ4v) is 2.79. The molecule has 2 aromatic carbocycles. The van der Waals surface area contributed by atoms with Crippen LogP contribution in [-0.4, -0.2) is 31.0 Å². The number of amides is 1. The van der Waals surface area contributed by atoms with Gasteiger partial charge in [-0.05, 0) is 43.2 Å². The first-order valence-corrected chi connectivity index (χ1v) is 7.77. The maximum Gasteiger partial charge on any atom is 0.256 e. The van der Waals surface area contributed by atoms with Crippen LogP contribution in [0.4, 0.5) is 17.1 Å². The molecule has 0 bridgehead atoms. The molecule has 0 aliphatic carbocycles. The van der Waals surface area contributed by atoms with Crippen LogP contribution in [0.1, 0.15) is 23.2 Å². The Labute approximate surface area is 136 Å². The summed E-state index contributed by atoms with van der Waals surface area (Å²) in [5, 5.41) is 3.30. The number of nitrogen functional groups attached to an aromatic ring is 1. The predicted molar refractivity (Wildman–Crippen MR) is 92.3 cm³/mol. The molecular weight excluding hydrogens is 290 g/mol. The highest BCUT2D eigenvalue weighted by atomic mass is 16.5. The Bertz CT molecular complexity index is 709. The zero-order valence-corrected chi connectivity index (χ0v) is 13.2. The molecule has 0 spiro atoms. The SMILES string of the molecule is COc1cccc(Nc2ccc(N)cc2C(=O)N2CCCC2)c1. The minimum Gasteiger partial charge on any atom is -0.497 e. The third-order valence-corrected chi connectivity index (χ3v) is 4.02. The van der Waals surface area contributed by atoms with Gasteiger partial charge < -0.3 is 20.7 Å². The van der Waals surface area contributed by atoms with Gasteiger partial charge >= 0.3 is 0 Å². The molecule has 120 valence electrons. The van der Waals surface area contributed by atoms with Crippen LogP contribution in [0.3, 0.4) is 0 Å². The van der Waals surface area contributed by atoms with Crippen molar-refractivity contribution in [1.29, 1.82) is 0 Å². The first-order chi connectivity index (χ1) is 11.2. The lowest BCUT2D eigenvalue weighted by molar-refractivity contribution is 0.0794. The molecule has 5 nitrogen and oxygen atoms in total. The molecule has 3 rings (SSSR count). The maximum atomic E-state index is 12.7. The number of carbonyl (C=O) groups excluding carboxylic acids is 1. The highest BCUT2D eigenvalue weighted by Crippen LogP contribution is 2.27. The number of nitrogens with zero attached hydrogens (tertiary/aromatic N) is 1. The van der Waals surface area contributed by atoms with Gasteiger partial charge in [-0.15, -0.1) is 0 Å². The molecule has 0 aromatic heterocycles. The molecule has 0 radical (unpaired) electrons. The number of carbonyl (C=O) groups is 1. The molecule has 2 aromatic rings. The Hall–Kier alpha value is -2.69. The summed E-state index contributed by atoms with van der Waals surface area (Å²) in [6.07, 6.45) is 2.12. The lowest BCUT2D eigenvalue weighted by Gasteiger charge is -2.19. The van der Waals surface area contributed by atoms with E-state index in [2.05, 4.69) is 5.32 Å². The molecule has 0 saturated carbocycles. The molecule has 1 aliphatic rings. The number of likely N-dealkylation sites (tertiary alicyclic amines) is 1. The third kappa shape index (κ3) is 3.39. The highest BCUT2D eigenvalue weighted by Gasteiger charge is 2.22. The van der Waals surface area contributed by atoms with Crippen LogP contribution in [0.25, 0.3) is 0 Å². The van der Waals surface area contributed by atoms with Crippen molar-refractivity contribution in [3.63, 3.8) is 0 Å². The molecule has 0 unspecified atom stereocenters. The molecule has 1 fully saturated rings. The van der Waals surface area contributed by atoms with E-state index in [1.807, 2.05) is 35.2 Å². The van der Waals surface area contributed by atoms with Crippen molar-refractivity contribution in [2.24, 2.45) is 0 Å². The van der Waals surface area contributed by atoms with Crippen LogP contribution in [0.2, 0.25) is 0 Å². The van der Waals surface area contributed by atoms with Crippen LogP contribution >= 0.6 is 0 Å². The van der Waals surface area contributed by atoms with Gasteiger partial charge in [0.15, 0.2) is 0 Å². The number of nitrogens with one attached hydrogen (secondary N) is 1. The lowest BCUT2D eigenvalue weighted by Crippen LogP contribution is -2.28. The van der Waals surface area contributed by atoms with Crippen molar-refractivity contribution in [2.45, 2.75) is 12.8 Å². The Morgan fingerprint density at radius 1 is 1.17 bits per heavy atom. The quantitative estimate of drug-likeness (QED) is 0.851. The summed E-state index contributed by atoms with van der Waals surface area (Å²) in [5.74, 6) is 0.790. The molecule has 1 aliphatic heterocycles. The normalized spacial score (nSPS) is 13.9. The van der Waals surface area contributed by atoms with Gasteiger partial charge in [-0.3, -0.25) is 4.79 Å². The molecule has 5 heteroatoms. The summed E-state index contributed by atoms with van der Waals surface area (Å²) in [5.41, 5.74) is 8.70. The summed E-state index contributed by atoms with van der Waals surface area (Å²) in [4.78, 5) is 14.6. The minimum atomic E-state index is 0.0280. The summed E-state index contributed by atoms with van der Waals surface area (Å²) >= 11 is 0. The first-order valence-electron chi connectivity index (χ1n) is 7.77. The van der Waals surface area contributed by atoms with Crippen LogP contribution < -0.4 is 15.8 Å². The summed E-state index contributed by atoms with van der Waals surface area (Å²) in [6.45, 7) is 1.62. The van der Waals surface area contributed by atoms with Crippen molar-refractivity contribution in [3.8, 4) is 5.75 Å². The van der Waals surface area contributed by atoms with Crippen LogP contribution in [0.15, 0.2) is 42.5 Å². The molecule has 1 amide bonds. The first kappa shape index (κ1) is 15.2. The van der Waals surface area contributed by atoms with Crippen LogP contribution in [0.5, 0.6) is 5.75 Å². The largest absolute Gasteiger partial charge is 0.497 e. The topological polar surface area (TPSA) is 67.6 Å². The van der Waals surface area contributed by atoms with E-state index in [0.29, 0.717) is 11.3 Å². The molecule has 1 saturated heterocycles. The fraction of sp³-hybridized carbons (Fsp3) is 0.278. The number of nitrogens with two attached hydrogens (primary N) is 1. The number of hydrogen-bond donors (Lipinski definition) is 2. The van der Waals surface area contributed by atoms with Gasteiger partial charge in [-0.2, -0.15) is 0 Å². The summed E-state index contributed by atoms with van der Waals surface area (Å²) in [7, 11) is 1.63. The van der Waals surface area contributed by atoms with Gasteiger partial charge in [-0.25, -0.2) is 0 Å². The van der Waals surface area contributed by atoms with Crippen molar-refractivity contribution in [2.75, 3.05) is 31.2 Å². The van der Waals surface area contributed by atoms with Gasteiger partial charge in [0, 0.05) is 30.5 Å². The third-order valence-electron chi connectivity index (χ3n) is 4.02. The molecule has 1 heterocycles. The van der Waals surface area contributed by atoms with Gasteiger partial charge in [-0.1, -0.05) is 6.07 Å². The second-order valence-corrected chi connectivity index (χ2v) is 5.66. The standard InChI is InChI=1S/C18H21N3O2/c1-23-15-6-4-5-14(12-15)20-17-8-7-13(19)11-16(17)18(22)21-9-2-3-10-21/h4-8,11-12,20H,2-3,9-10,19H2,1H3. The molecular formula is C18H21N3O2.